The molecule has 0 aliphatic carbocycles. The first-order valence-electron chi connectivity index (χ1n) is 7.44. The van der Waals surface area contributed by atoms with Crippen LogP contribution in [0.2, 0.25) is 0 Å². The van der Waals surface area contributed by atoms with E-state index in [1.807, 2.05) is 36.2 Å². The maximum Gasteiger partial charge on any atom is 0.226 e. The molecule has 0 aromatic heterocycles. The van der Waals surface area contributed by atoms with Crippen molar-refractivity contribution in [2.45, 2.75) is 44.8 Å². The number of ether oxygens (including phenoxy) is 2. The fourth-order valence-electron chi connectivity index (χ4n) is 2.82. The Balaban J connectivity index is 1.98. The fraction of sp³-hybridized carbons (Fsp3) is 0.588. The van der Waals surface area contributed by atoms with Gasteiger partial charge in [-0.25, -0.2) is 0 Å². The zero-order chi connectivity index (χ0) is 15.5. The van der Waals surface area contributed by atoms with Gasteiger partial charge in [0.1, 0.15) is 5.75 Å². The molecule has 1 saturated heterocycles. The lowest BCUT2D eigenvalue weighted by atomic mass is 9.93. The Hall–Kier alpha value is -1.55. The van der Waals surface area contributed by atoms with Gasteiger partial charge in [0.05, 0.1) is 19.1 Å². The SMILES string of the molecule is COc1cccc(CC(=O)N(C)C2CCOC(C)(C)C2)c1. The summed E-state index contributed by atoms with van der Waals surface area (Å²) in [5.74, 6) is 0.932. The average molecular weight is 291 g/mol. The van der Waals surface area contributed by atoms with Crippen molar-refractivity contribution in [2.75, 3.05) is 20.8 Å². The molecule has 1 aliphatic rings. The molecule has 4 nitrogen and oxygen atoms in total. The van der Waals surface area contributed by atoms with Crippen molar-refractivity contribution in [1.29, 1.82) is 0 Å². The minimum Gasteiger partial charge on any atom is -0.497 e. The Morgan fingerprint density at radius 3 is 2.90 bits per heavy atom. The highest BCUT2D eigenvalue weighted by atomic mass is 16.5. The molecule has 0 N–H and O–H groups in total. The van der Waals surface area contributed by atoms with Crippen LogP contribution in [0.15, 0.2) is 24.3 Å². The lowest BCUT2D eigenvalue weighted by Crippen LogP contribution is -2.47. The molecule has 1 unspecified atom stereocenters. The Kier molecular flexibility index (Phi) is 4.88. The van der Waals surface area contributed by atoms with Gasteiger partial charge in [-0.15, -0.1) is 0 Å². The summed E-state index contributed by atoms with van der Waals surface area (Å²) in [5, 5.41) is 0. The van der Waals surface area contributed by atoms with Gasteiger partial charge in [0.2, 0.25) is 5.91 Å². The van der Waals surface area contributed by atoms with E-state index in [9.17, 15) is 4.79 Å². The standard InChI is InChI=1S/C17H25NO3/c1-17(2)12-14(8-9-21-17)18(3)16(19)11-13-6-5-7-15(10-13)20-4/h5-7,10,14H,8-9,11-12H2,1-4H3. The van der Waals surface area contributed by atoms with Crippen LogP contribution in [0.25, 0.3) is 0 Å². The van der Waals surface area contributed by atoms with Crippen LogP contribution >= 0.6 is 0 Å². The zero-order valence-electron chi connectivity index (χ0n) is 13.4. The van der Waals surface area contributed by atoms with Crippen molar-refractivity contribution >= 4 is 5.91 Å². The van der Waals surface area contributed by atoms with E-state index < -0.39 is 0 Å². The molecule has 1 atom stereocenters. The molecule has 1 aliphatic heterocycles. The van der Waals surface area contributed by atoms with Gasteiger partial charge in [0.25, 0.3) is 0 Å². The van der Waals surface area contributed by atoms with Crippen LogP contribution in [0.3, 0.4) is 0 Å². The van der Waals surface area contributed by atoms with E-state index in [0.29, 0.717) is 13.0 Å². The van der Waals surface area contributed by atoms with Crippen LogP contribution in [-0.4, -0.2) is 43.2 Å². The smallest absolute Gasteiger partial charge is 0.226 e. The van der Waals surface area contributed by atoms with Gasteiger partial charge in [-0.2, -0.15) is 0 Å². The number of carbonyl (C=O) groups excluding carboxylic acids is 1. The van der Waals surface area contributed by atoms with Gasteiger partial charge in [-0.05, 0) is 44.4 Å². The molecule has 116 valence electrons. The molecule has 21 heavy (non-hydrogen) atoms. The topological polar surface area (TPSA) is 38.8 Å². The van der Waals surface area contributed by atoms with Crippen molar-refractivity contribution in [1.82, 2.24) is 4.90 Å². The largest absolute Gasteiger partial charge is 0.497 e. The Morgan fingerprint density at radius 2 is 2.24 bits per heavy atom. The summed E-state index contributed by atoms with van der Waals surface area (Å²) in [6.45, 7) is 4.88. The summed E-state index contributed by atoms with van der Waals surface area (Å²) >= 11 is 0. The van der Waals surface area contributed by atoms with Gasteiger partial charge in [-0.3, -0.25) is 4.79 Å². The second-order valence-electron chi connectivity index (χ2n) is 6.29. The minimum absolute atomic E-state index is 0.144. The molecule has 0 saturated carbocycles. The van der Waals surface area contributed by atoms with Crippen molar-refractivity contribution < 1.29 is 14.3 Å². The number of nitrogens with zero attached hydrogens (tertiary/aromatic N) is 1. The Bertz CT molecular complexity index is 499. The summed E-state index contributed by atoms with van der Waals surface area (Å²) in [7, 11) is 3.53. The molecular formula is C17H25NO3. The first kappa shape index (κ1) is 15.8. The summed E-state index contributed by atoms with van der Waals surface area (Å²) in [4.78, 5) is 14.3. The quantitative estimate of drug-likeness (QED) is 0.856. The third kappa shape index (κ3) is 4.21. The van der Waals surface area contributed by atoms with Gasteiger partial charge >= 0.3 is 0 Å². The predicted molar refractivity (Wildman–Crippen MR) is 82.5 cm³/mol. The average Bonchev–Trinajstić information content (AvgIpc) is 2.45. The van der Waals surface area contributed by atoms with Crippen molar-refractivity contribution in [3.05, 3.63) is 29.8 Å². The fourth-order valence-corrected chi connectivity index (χ4v) is 2.82. The normalized spacial score (nSPS) is 20.9. The number of methoxy groups -OCH3 is 1. The Morgan fingerprint density at radius 1 is 1.48 bits per heavy atom. The summed E-state index contributed by atoms with van der Waals surface area (Å²) in [5.41, 5.74) is 0.838. The van der Waals surface area contributed by atoms with E-state index >= 15 is 0 Å². The van der Waals surface area contributed by atoms with Gasteiger partial charge in [0, 0.05) is 19.7 Å². The van der Waals surface area contributed by atoms with Gasteiger partial charge in [0.15, 0.2) is 0 Å². The summed E-state index contributed by atoms with van der Waals surface area (Å²) in [6, 6.07) is 7.94. The second-order valence-corrected chi connectivity index (χ2v) is 6.29. The molecule has 0 bridgehead atoms. The molecule has 4 heteroatoms. The van der Waals surface area contributed by atoms with E-state index in [2.05, 4.69) is 13.8 Å². The lowest BCUT2D eigenvalue weighted by molar-refractivity contribution is -0.137. The van der Waals surface area contributed by atoms with Gasteiger partial charge in [-0.1, -0.05) is 12.1 Å². The minimum atomic E-state index is -0.145. The Labute approximate surface area is 127 Å². The summed E-state index contributed by atoms with van der Waals surface area (Å²) < 4.78 is 10.9. The zero-order valence-corrected chi connectivity index (χ0v) is 13.4. The monoisotopic (exact) mass is 291 g/mol. The van der Waals surface area contributed by atoms with Crippen molar-refractivity contribution in [3.63, 3.8) is 0 Å². The van der Waals surface area contributed by atoms with Crippen molar-refractivity contribution in [3.8, 4) is 5.75 Å². The highest BCUT2D eigenvalue weighted by Gasteiger charge is 2.32. The predicted octanol–water partition coefficient (Wildman–Crippen LogP) is 2.65. The molecule has 1 fully saturated rings. The molecule has 1 amide bonds. The molecule has 2 rings (SSSR count). The molecular weight excluding hydrogens is 266 g/mol. The maximum absolute atomic E-state index is 12.5. The van der Waals surface area contributed by atoms with E-state index in [1.165, 1.54) is 0 Å². The number of amides is 1. The number of hydrogen-bond donors (Lipinski definition) is 0. The van der Waals surface area contributed by atoms with E-state index in [1.54, 1.807) is 7.11 Å². The number of benzene rings is 1. The third-order valence-corrected chi connectivity index (χ3v) is 4.10. The molecule has 1 aromatic carbocycles. The van der Waals surface area contributed by atoms with Crippen LogP contribution < -0.4 is 4.74 Å². The summed E-state index contributed by atoms with van der Waals surface area (Å²) in [6.07, 6.45) is 2.20. The number of hydrogen-bond acceptors (Lipinski definition) is 3. The van der Waals surface area contributed by atoms with Crippen LogP contribution in [0.5, 0.6) is 5.75 Å². The van der Waals surface area contributed by atoms with Crippen LogP contribution in [0, 0.1) is 0 Å². The third-order valence-electron chi connectivity index (χ3n) is 4.10. The van der Waals surface area contributed by atoms with Gasteiger partial charge < -0.3 is 14.4 Å². The highest BCUT2D eigenvalue weighted by molar-refractivity contribution is 5.79. The lowest BCUT2D eigenvalue weighted by Gasteiger charge is -2.39. The molecule has 0 spiro atoms. The highest BCUT2D eigenvalue weighted by Crippen LogP contribution is 2.27. The number of likely N-dealkylation sites (N-methyl/N-ethyl adjacent to an activating group) is 1. The van der Waals surface area contributed by atoms with Crippen molar-refractivity contribution in [2.24, 2.45) is 0 Å². The van der Waals surface area contributed by atoms with E-state index in [-0.39, 0.29) is 17.6 Å². The maximum atomic E-state index is 12.5. The van der Waals surface area contributed by atoms with Crippen LogP contribution in [0.4, 0.5) is 0 Å². The number of carbonyl (C=O) groups is 1. The molecule has 1 aromatic rings. The number of rotatable bonds is 4. The van der Waals surface area contributed by atoms with E-state index in [4.69, 9.17) is 9.47 Å². The molecule has 1 heterocycles. The van der Waals surface area contributed by atoms with Crippen LogP contribution in [-0.2, 0) is 16.0 Å². The first-order valence-corrected chi connectivity index (χ1v) is 7.44. The van der Waals surface area contributed by atoms with Crippen LogP contribution in [0.1, 0.15) is 32.3 Å². The second kappa shape index (κ2) is 6.48. The first-order chi connectivity index (χ1) is 9.91. The van der Waals surface area contributed by atoms with E-state index in [0.717, 1.165) is 24.2 Å². The molecule has 0 radical (unpaired) electrons.